The normalized spacial score (nSPS) is 27.1. The van der Waals surface area contributed by atoms with Gasteiger partial charge in [0.05, 0.1) is 38.1 Å². The van der Waals surface area contributed by atoms with E-state index in [4.69, 9.17) is 18.6 Å². The van der Waals surface area contributed by atoms with Gasteiger partial charge in [0, 0.05) is 12.0 Å². The van der Waals surface area contributed by atoms with Crippen LogP contribution in [0.4, 0.5) is 5.82 Å². The summed E-state index contributed by atoms with van der Waals surface area (Å²) in [6.45, 7) is 3.84. The average Bonchev–Trinajstić information content (AvgIpc) is 3.26. The Balaban J connectivity index is 1.61. The Hall–Kier alpha value is -1.75. The molecule has 2 aromatic rings. The Morgan fingerprint density at radius 2 is 2.00 bits per heavy atom. The van der Waals surface area contributed by atoms with Gasteiger partial charge in [0.15, 0.2) is 11.9 Å². The van der Waals surface area contributed by atoms with E-state index in [1.54, 1.807) is 13.1 Å². The van der Waals surface area contributed by atoms with Gasteiger partial charge in [-0.1, -0.05) is 0 Å². The zero-order valence-electron chi connectivity index (χ0n) is 17.2. The zero-order valence-corrected chi connectivity index (χ0v) is 18.0. The predicted molar refractivity (Wildman–Crippen MR) is 111 cm³/mol. The van der Waals surface area contributed by atoms with E-state index >= 15 is 0 Å². The van der Waals surface area contributed by atoms with Gasteiger partial charge in [-0.2, -0.15) is 13.5 Å². The van der Waals surface area contributed by atoms with Crippen LogP contribution in [0.2, 0.25) is 0 Å². The number of hydrogen-bond acceptors (Lipinski definition) is 8. The maximum absolute atomic E-state index is 12.5. The SMILES string of the molecule is CCOS(=O)(=O)Cc1cc(N2C3CCC2COC3)nc2c1cnn2C1CCCCO1. The average molecular weight is 437 g/mol. The Bertz CT molecular complexity index is 1000. The number of nitrogens with zero attached hydrogens (tertiary/aromatic N) is 4. The van der Waals surface area contributed by atoms with Crippen molar-refractivity contribution in [2.75, 3.05) is 31.3 Å². The second-order valence-corrected chi connectivity index (χ2v) is 9.87. The Morgan fingerprint density at radius 1 is 1.20 bits per heavy atom. The van der Waals surface area contributed by atoms with Gasteiger partial charge in [0.2, 0.25) is 0 Å². The molecular formula is C20H28N4O5S. The lowest BCUT2D eigenvalue weighted by Gasteiger charge is -2.36. The van der Waals surface area contributed by atoms with Crippen LogP contribution in [0, 0.1) is 0 Å². The Morgan fingerprint density at radius 3 is 2.70 bits per heavy atom. The van der Waals surface area contributed by atoms with Crippen molar-refractivity contribution in [1.82, 2.24) is 14.8 Å². The lowest BCUT2D eigenvalue weighted by atomic mass is 10.1. The molecule has 3 saturated heterocycles. The fourth-order valence-corrected chi connectivity index (χ4v) is 5.92. The van der Waals surface area contributed by atoms with Crippen LogP contribution in [0.1, 0.15) is 50.8 Å². The van der Waals surface area contributed by atoms with Gasteiger partial charge in [-0.15, -0.1) is 0 Å². The summed E-state index contributed by atoms with van der Waals surface area (Å²) in [6, 6.07) is 2.43. The van der Waals surface area contributed by atoms with Crippen molar-refractivity contribution < 1.29 is 22.1 Å². The highest BCUT2D eigenvalue weighted by Gasteiger charge is 2.39. The van der Waals surface area contributed by atoms with Crippen LogP contribution in [-0.4, -0.2) is 61.7 Å². The second-order valence-electron chi connectivity index (χ2n) is 8.23. The van der Waals surface area contributed by atoms with Crippen LogP contribution in [0.25, 0.3) is 11.0 Å². The maximum Gasteiger partial charge on any atom is 0.271 e. The molecule has 30 heavy (non-hydrogen) atoms. The summed E-state index contributed by atoms with van der Waals surface area (Å²) >= 11 is 0. The minimum atomic E-state index is -3.69. The van der Waals surface area contributed by atoms with E-state index in [0.717, 1.165) is 43.3 Å². The molecule has 2 aromatic heterocycles. The first-order chi connectivity index (χ1) is 14.6. The van der Waals surface area contributed by atoms with Gasteiger partial charge in [-0.3, -0.25) is 4.18 Å². The summed E-state index contributed by atoms with van der Waals surface area (Å²) in [6.07, 6.45) is 6.64. The molecule has 164 valence electrons. The smallest absolute Gasteiger partial charge is 0.271 e. The highest BCUT2D eigenvalue weighted by Crippen LogP contribution is 2.36. The summed E-state index contributed by atoms with van der Waals surface area (Å²) in [7, 11) is -3.69. The van der Waals surface area contributed by atoms with Crippen molar-refractivity contribution >= 4 is 27.0 Å². The van der Waals surface area contributed by atoms with E-state index in [1.807, 2.05) is 10.7 Å². The Labute approximate surface area is 176 Å². The molecule has 3 unspecified atom stereocenters. The van der Waals surface area contributed by atoms with Crippen LogP contribution < -0.4 is 4.90 Å². The fourth-order valence-electron chi connectivity index (χ4n) is 4.86. The van der Waals surface area contributed by atoms with E-state index in [2.05, 4.69) is 10.00 Å². The summed E-state index contributed by atoms with van der Waals surface area (Å²) in [5, 5.41) is 5.28. The van der Waals surface area contributed by atoms with Crippen LogP contribution in [0.3, 0.4) is 0 Å². The number of fused-ring (bicyclic) bond motifs is 3. The standard InChI is InChI=1S/C20H28N4O5S/c1-2-29-30(25,26)13-14-9-18(23-15-6-7-16(23)12-27-11-15)22-20-17(14)10-21-24(20)19-5-3-4-8-28-19/h9-10,15-16,19H,2-8,11-13H2,1H3. The summed E-state index contributed by atoms with van der Waals surface area (Å²) in [4.78, 5) is 7.27. The van der Waals surface area contributed by atoms with Crippen molar-refractivity contribution in [3.63, 3.8) is 0 Å². The van der Waals surface area contributed by atoms with Gasteiger partial charge in [-0.25, -0.2) is 9.67 Å². The quantitative estimate of drug-likeness (QED) is 0.637. The summed E-state index contributed by atoms with van der Waals surface area (Å²) in [5.74, 6) is 0.585. The molecule has 3 atom stereocenters. The summed E-state index contributed by atoms with van der Waals surface area (Å²) in [5.41, 5.74) is 1.34. The molecule has 0 aromatic carbocycles. The molecule has 2 bridgehead atoms. The molecule has 0 N–H and O–H groups in total. The summed E-state index contributed by atoms with van der Waals surface area (Å²) < 4.78 is 43.4. The van der Waals surface area contributed by atoms with E-state index in [-0.39, 0.29) is 30.7 Å². The van der Waals surface area contributed by atoms with E-state index in [1.165, 1.54) is 0 Å². The number of rotatable bonds is 6. The molecule has 5 heterocycles. The maximum atomic E-state index is 12.5. The molecule has 0 saturated carbocycles. The van der Waals surface area contributed by atoms with Gasteiger partial charge in [0.1, 0.15) is 11.6 Å². The Kier molecular flexibility index (Phi) is 5.42. The van der Waals surface area contributed by atoms with Crippen molar-refractivity contribution in [3.8, 4) is 0 Å². The molecule has 3 aliphatic rings. The second kappa shape index (κ2) is 8.07. The number of aromatic nitrogens is 3. The molecule has 9 nitrogen and oxygen atoms in total. The van der Waals surface area contributed by atoms with Crippen molar-refractivity contribution in [2.45, 2.75) is 63.1 Å². The van der Waals surface area contributed by atoms with E-state index in [9.17, 15) is 8.42 Å². The van der Waals surface area contributed by atoms with Crippen LogP contribution in [0.5, 0.6) is 0 Å². The zero-order chi connectivity index (χ0) is 20.7. The number of anilines is 1. The number of ether oxygens (including phenoxy) is 2. The number of morpholine rings is 1. The van der Waals surface area contributed by atoms with Crippen molar-refractivity contribution in [3.05, 3.63) is 17.8 Å². The van der Waals surface area contributed by atoms with Gasteiger partial charge in [-0.05, 0) is 50.7 Å². The largest absolute Gasteiger partial charge is 0.377 e. The van der Waals surface area contributed by atoms with Crippen LogP contribution in [0.15, 0.2) is 12.3 Å². The number of pyridine rings is 1. The minimum Gasteiger partial charge on any atom is -0.377 e. The third-order valence-electron chi connectivity index (χ3n) is 6.20. The lowest BCUT2D eigenvalue weighted by molar-refractivity contribution is -0.0370. The first kappa shape index (κ1) is 20.2. The van der Waals surface area contributed by atoms with Crippen LogP contribution >= 0.6 is 0 Å². The topological polar surface area (TPSA) is 95.8 Å². The van der Waals surface area contributed by atoms with E-state index < -0.39 is 10.1 Å². The fraction of sp³-hybridized carbons (Fsp3) is 0.700. The molecule has 0 aliphatic carbocycles. The highest BCUT2D eigenvalue weighted by molar-refractivity contribution is 7.85. The molecular weight excluding hydrogens is 408 g/mol. The minimum absolute atomic E-state index is 0.117. The first-order valence-electron chi connectivity index (χ1n) is 10.8. The molecule has 0 spiro atoms. The molecule has 3 aliphatic heterocycles. The van der Waals surface area contributed by atoms with Crippen LogP contribution in [-0.2, 0) is 29.5 Å². The monoisotopic (exact) mass is 436 g/mol. The van der Waals surface area contributed by atoms with Gasteiger partial charge < -0.3 is 14.4 Å². The third-order valence-corrected chi connectivity index (χ3v) is 7.46. The van der Waals surface area contributed by atoms with Crippen molar-refractivity contribution in [1.29, 1.82) is 0 Å². The number of hydrogen-bond donors (Lipinski definition) is 0. The molecule has 3 fully saturated rings. The van der Waals surface area contributed by atoms with E-state index in [0.29, 0.717) is 31.0 Å². The van der Waals surface area contributed by atoms with Crippen molar-refractivity contribution in [2.24, 2.45) is 0 Å². The van der Waals surface area contributed by atoms with Gasteiger partial charge in [0.25, 0.3) is 10.1 Å². The highest BCUT2D eigenvalue weighted by atomic mass is 32.2. The molecule has 0 radical (unpaired) electrons. The first-order valence-corrected chi connectivity index (χ1v) is 12.4. The molecule has 5 rings (SSSR count). The molecule has 10 heteroatoms. The molecule has 0 amide bonds. The lowest BCUT2D eigenvalue weighted by Crippen LogP contribution is -2.46. The third kappa shape index (κ3) is 3.70. The van der Waals surface area contributed by atoms with Gasteiger partial charge >= 0.3 is 0 Å². The predicted octanol–water partition coefficient (Wildman–Crippen LogP) is 2.36.